The van der Waals surface area contributed by atoms with Crippen LogP contribution in [0.2, 0.25) is 10.0 Å². The van der Waals surface area contributed by atoms with E-state index in [4.69, 9.17) is 23.2 Å². The Bertz CT molecular complexity index is 632. The van der Waals surface area contributed by atoms with E-state index in [1.165, 1.54) is 17.4 Å². The number of carbonyl (C=O) groups is 2. The second-order valence-electron chi connectivity index (χ2n) is 3.73. The minimum absolute atomic E-state index is 0.181. The molecule has 0 unspecified atom stereocenters. The molecular weight excluding hydrogens is 321 g/mol. The molecule has 2 amide bonds. The van der Waals surface area contributed by atoms with E-state index in [9.17, 15) is 9.59 Å². The maximum atomic E-state index is 11.7. The van der Waals surface area contributed by atoms with Gasteiger partial charge in [0.25, 0.3) is 5.91 Å². The van der Waals surface area contributed by atoms with Crippen LogP contribution in [-0.2, 0) is 4.79 Å². The predicted octanol–water partition coefficient (Wildman–Crippen LogP) is 2.82. The average molecular weight is 330 g/mol. The van der Waals surface area contributed by atoms with Crippen molar-refractivity contribution >= 4 is 52.0 Å². The summed E-state index contributed by atoms with van der Waals surface area (Å²) < 4.78 is 0. The number of carbonyl (C=O) groups excluding carboxylic acids is 2. The third-order valence-electron chi connectivity index (χ3n) is 2.28. The van der Waals surface area contributed by atoms with Crippen LogP contribution >= 0.6 is 34.5 Å². The third kappa shape index (κ3) is 3.93. The highest BCUT2D eigenvalue weighted by atomic mass is 35.5. The van der Waals surface area contributed by atoms with Crippen LogP contribution in [0.5, 0.6) is 0 Å². The maximum absolute atomic E-state index is 11.7. The molecule has 1 aromatic heterocycles. The fourth-order valence-corrected chi connectivity index (χ4v) is 2.23. The second kappa shape index (κ2) is 6.69. The Labute approximate surface area is 128 Å². The first-order valence-electron chi connectivity index (χ1n) is 5.47. The summed E-state index contributed by atoms with van der Waals surface area (Å²) in [5.74, 6) is -0.809. The molecule has 1 aromatic carbocycles. The van der Waals surface area contributed by atoms with Crippen LogP contribution in [-0.4, -0.2) is 23.3 Å². The summed E-state index contributed by atoms with van der Waals surface area (Å²) in [6.45, 7) is -0.181. The van der Waals surface area contributed by atoms with Crippen molar-refractivity contribution in [3.8, 4) is 0 Å². The Balaban J connectivity index is 1.90. The van der Waals surface area contributed by atoms with Gasteiger partial charge in [-0.1, -0.05) is 23.2 Å². The molecule has 0 radical (unpaired) electrons. The number of nitrogens with one attached hydrogen (secondary N) is 2. The Hall–Kier alpha value is -1.63. The van der Waals surface area contributed by atoms with E-state index in [1.807, 2.05) is 0 Å². The zero-order chi connectivity index (χ0) is 14.5. The van der Waals surface area contributed by atoms with Gasteiger partial charge in [-0.3, -0.25) is 9.59 Å². The molecule has 8 heteroatoms. The molecule has 0 aliphatic rings. The minimum atomic E-state index is -0.405. The highest BCUT2D eigenvalue weighted by molar-refractivity contribution is 7.07. The van der Waals surface area contributed by atoms with Crippen LogP contribution in [0.1, 0.15) is 10.5 Å². The van der Waals surface area contributed by atoms with E-state index in [2.05, 4.69) is 15.6 Å². The monoisotopic (exact) mass is 329 g/mol. The number of hydrogen-bond donors (Lipinski definition) is 2. The average Bonchev–Trinajstić information content (AvgIpc) is 2.94. The van der Waals surface area contributed by atoms with Crippen molar-refractivity contribution in [3.05, 3.63) is 44.8 Å². The van der Waals surface area contributed by atoms with Crippen LogP contribution in [0.3, 0.4) is 0 Å². The van der Waals surface area contributed by atoms with Gasteiger partial charge in [0.1, 0.15) is 5.69 Å². The minimum Gasteiger partial charge on any atom is -0.342 e. The van der Waals surface area contributed by atoms with E-state index in [0.29, 0.717) is 15.7 Å². The number of halogens is 2. The molecule has 2 aromatic rings. The Kier molecular flexibility index (Phi) is 4.94. The number of hydrogen-bond acceptors (Lipinski definition) is 4. The van der Waals surface area contributed by atoms with Gasteiger partial charge < -0.3 is 10.6 Å². The van der Waals surface area contributed by atoms with Crippen molar-refractivity contribution in [3.63, 3.8) is 0 Å². The van der Waals surface area contributed by atoms with Gasteiger partial charge in [0.15, 0.2) is 0 Å². The first kappa shape index (κ1) is 14.8. The highest BCUT2D eigenvalue weighted by Crippen LogP contribution is 2.25. The van der Waals surface area contributed by atoms with Crippen molar-refractivity contribution in [2.24, 2.45) is 0 Å². The van der Waals surface area contributed by atoms with E-state index in [-0.39, 0.29) is 12.2 Å². The molecule has 2 rings (SSSR count). The number of aromatic nitrogens is 1. The van der Waals surface area contributed by atoms with Crippen molar-refractivity contribution in [1.82, 2.24) is 10.3 Å². The van der Waals surface area contributed by atoms with Gasteiger partial charge in [0.2, 0.25) is 5.91 Å². The molecule has 20 heavy (non-hydrogen) atoms. The van der Waals surface area contributed by atoms with E-state index >= 15 is 0 Å². The lowest BCUT2D eigenvalue weighted by molar-refractivity contribution is -0.115. The zero-order valence-electron chi connectivity index (χ0n) is 10.0. The molecule has 0 spiro atoms. The Morgan fingerprint density at radius 3 is 2.80 bits per heavy atom. The molecule has 2 N–H and O–H groups in total. The number of amides is 2. The van der Waals surface area contributed by atoms with Gasteiger partial charge in [-0.05, 0) is 18.2 Å². The molecule has 0 bridgehead atoms. The summed E-state index contributed by atoms with van der Waals surface area (Å²) in [5, 5.41) is 7.44. The van der Waals surface area contributed by atoms with Crippen LogP contribution in [0, 0.1) is 0 Å². The molecule has 0 atom stereocenters. The Morgan fingerprint density at radius 1 is 1.30 bits per heavy atom. The van der Waals surface area contributed by atoms with Gasteiger partial charge in [0, 0.05) is 10.4 Å². The number of anilines is 1. The number of benzene rings is 1. The summed E-state index contributed by atoms with van der Waals surface area (Å²) in [5.41, 5.74) is 2.22. The molecule has 0 fully saturated rings. The van der Waals surface area contributed by atoms with E-state index < -0.39 is 11.8 Å². The van der Waals surface area contributed by atoms with E-state index in [0.717, 1.165) is 0 Å². The zero-order valence-corrected chi connectivity index (χ0v) is 12.4. The molecular formula is C12H9Cl2N3O2S. The highest BCUT2D eigenvalue weighted by Gasteiger charge is 2.11. The van der Waals surface area contributed by atoms with Crippen molar-refractivity contribution in [1.29, 1.82) is 0 Å². The van der Waals surface area contributed by atoms with Crippen molar-refractivity contribution in [2.75, 3.05) is 11.9 Å². The van der Waals surface area contributed by atoms with E-state index in [1.54, 1.807) is 23.0 Å². The van der Waals surface area contributed by atoms with Crippen molar-refractivity contribution < 1.29 is 9.59 Å². The topological polar surface area (TPSA) is 71.1 Å². The fourth-order valence-electron chi connectivity index (χ4n) is 1.36. The normalized spacial score (nSPS) is 10.1. The van der Waals surface area contributed by atoms with Crippen LogP contribution in [0.25, 0.3) is 0 Å². The number of rotatable bonds is 4. The molecule has 5 nitrogen and oxygen atoms in total. The summed E-state index contributed by atoms with van der Waals surface area (Å²) in [7, 11) is 0. The lowest BCUT2D eigenvalue weighted by atomic mass is 10.3. The maximum Gasteiger partial charge on any atom is 0.271 e. The molecule has 0 aliphatic carbocycles. The predicted molar refractivity (Wildman–Crippen MR) is 79.5 cm³/mol. The van der Waals surface area contributed by atoms with Crippen LogP contribution in [0.15, 0.2) is 29.1 Å². The lowest BCUT2D eigenvalue weighted by Gasteiger charge is -2.08. The van der Waals surface area contributed by atoms with Crippen LogP contribution in [0.4, 0.5) is 5.69 Å². The summed E-state index contributed by atoms with van der Waals surface area (Å²) in [6.07, 6.45) is 0. The standard InChI is InChI=1S/C12H9Cl2N3O2S/c13-7-1-2-8(14)9(3-7)17-11(18)4-15-12(19)10-5-20-6-16-10/h1-3,5-6H,4H2,(H,15,19)(H,17,18). The molecule has 0 saturated heterocycles. The molecule has 0 aliphatic heterocycles. The summed E-state index contributed by atoms with van der Waals surface area (Å²) in [4.78, 5) is 27.1. The summed E-state index contributed by atoms with van der Waals surface area (Å²) >= 11 is 13.0. The molecule has 1 heterocycles. The first-order valence-corrected chi connectivity index (χ1v) is 7.17. The van der Waals surface area contributed by atoms with Crippen LogP contribution < -0.4 is 10.6 Å². The van der Waals surface area contributed by atoms with Gasteiger partial charge in [0.05, 0.1) is 22.8 Å². The summed E-state index contributed by atoms with van der Waals surface area (Å²) in [6, 6.07) is 4.72. The quantitative estimate of drug-likeness (QED) is 0.905. The van der Waals surface area contributed by atoms with Gasteiger partial charge in [-0.2, -0.15) is 0 Å². The molecule has 0 saturated carbocycles. The van der Waals surface area contributed by atoms with Gasteiger partial charge in [-0.15, -0.1) is 11.3 Å². The number of nitrogens with zero attached hydrogens (tertiary/aromatic N) is 1. The largest absolute Gasteiger partial charge is 0.342 e. The lowest BCUT2D eigenvalue weighted by Crippen LogP contribution is -2.33. The first-order chi connectivity index (χ1) is 9.56. The number of thiazole rings is 1. The third-order valence-corrected chi connectivity index (χ3v) is 3.43. The van der Waals surface area contributed by atoms with Gasteiger partial charge >= 0.3 is 0 Å². The SMILES string of the molecule is O=C(CNC(=O)c1cscn1)Nc1cc(Cl)ccc1Cl. The van der Waals surface area contributed by atoms with Crippen molar-refractivity contribution in [2.45, 2.75) is 0 Å². The second-order valence-corrected chi connectivity index (χ2v) is 5.29. The fraction of sp³-hybridized carbons (Fsp3) is 0.0833. The van der Waals surface area contributed by atoms with Gasteiger partial charge in [-0.25, -0.2) is 4.98 Å². The molecule has 104 valence electrons. The Morgan fingerprint density at radius 2 is 2.10 bits per heavy atom. The smallest absolute Gasteiger partial charge is 0.271 e.